The molecule has 7 heteroatoms. The fourth-order valence-corrected chi connectivity index (χ4v) is 4.61. The Labute approximate surface area is 158 Å². The third kappa shape index (κ3) is 3.19. The van der Waals surface area contributed by atoms with Crippen LogP contribution in [0.3, 0.4) is 0 Å². The van der Waals surface area contributed by atoms with Gasteiger partial charge in [-0.2, -0.15) is 0 Å². The van der Waals surface area contributed by atoms with E-state index in [-0.39, 0.29) is 22.4 Å². The van der Waals surface area contributed by atoms with Gasteiger partial charge in [0, 0.05) is 19.0 Å². The molecule has 134 valence electrons. The van der Waals surface area contributed by atoms with E-state index in [1.807, 2.05) is 24.3 Å². The normalized spacial score (nSPS) is 17.7. The predicted octanol–water partition coefficient (Wildman–Crippen LogP) is 5.25. The van der Waals surface area contributed by atoms with Gasteiger partial charge in [-0.1, -0.05) is 23.7 Å². The third-order valence-electron chi connectivity index (χ3n) is 4.61. The first-order valence-corrected chi connectivity index (χ1v) is 9.51. The van der Waals surface area contributed by atoms with Crippen LogP contribution in [-0.2, 0) is 0 Å². The Morgan fingerprint density at radius 1 is 1.23 bits per heavy atom. The maximum absolute atomic E-state index is 13.5. The molecule has 3 aromatic rings. The molecule has 0 bridgehead atoms. The van der Waals surface area contributed by atoms with E-state index in [9.17, 15) is 13.6 Å². The average molecular weight is 393 g/mol. The lowest BCUT2D eigenvalue weighted by Gasteiger charge is -2.32. The molecule has 1 aliphatic heterocycles. The van der Waals surface area contributed by atoms with Crippen LogP contribution in [0.1, 0.15) is 34.1 Å². The third-order valence-corrected chi connectivity index (χ3v) is 6.12. The Morgan fingerprint density at radius 2 is 2.00 bits per heavy atom. The predicted molar refractivity (Wildman–Crippen MR) is 98.9 cm³/mol. The Bertz CT molecular complexity index is 958. The number of benzene rings is 2. The van der Waals surface area contributed by atoms with Gasteiger partial charge in [0.05, 0.1) is 25.8 Å². The summed E-state index contributed by atoms with van der Waals surface area (Å²) in [7, 11) is 0. The zero-order valence-corrected chi connectivity index (χ0v) is 15.3. The highest BCUT2D eigenvalue weighted by Crippen LogP contribution is 2.34. The average Bonchev–Trinajstić information content (AvgIpc) is 3.08. The summed E-state index contributed by atoms with van der Waals surface area (Å²) in [6.07, 6.45) is 1.77. The van der Waals surface area contributed by atoms with Crippen molar-refractivity contribution in [3.05, 3.63) is 63.6 Å². The van der Waals surface area contributed by atoms with Crippen molar-refractivity contribution in [3.63, 3.8) is 0 Å². The molecule has 4 rings (SSSR count). The number of amides is 1. The first-order chi connectivity index (χ1) is 12.5. The topological polar surface area (TPSA) is 33.2 Å². The second-order valence-electron chi connectivity index (χ2n) is 6.36. The highest BCUT2D eigenvalue weighted by atomic mass is 35.5. The van der Waals surface area contributed by atoms with Gasteiger partial charge in [-0.25, -0.2) is 13.8 Å². The van der Waals surface area contributed by atoms with Gasteiger partial charge in [-0.15, -0.1) is 11.3 Å². The molecule has 0 spiro atoms. The van der Waals surface area contributed by atoms with E-state index in [1.165, 1.54) is 0 Å². The van der Waals surface area contributed by atoms with E-state index >= 15 is 0 Å². The number of likely N-dealkylation sites (tertiary alicyclic amines) is 1. The van der Waals surface area contributed by atoms with E-state index in [1.54, 1.807) is 16.2 Å². The molecule has 26 heavy (non-hydrogen) atoms. The van der Waals surface area contributed by atoms with Gasteiger partial charge in [0.1, 0.15) is 0 Å². The SMILES string of the molecule is O=C(c1cc(F)c(F)cc1Cl)N1CCC[C@@H](c2nc3ccccc3s2)C1. The van der Waals surface area contributed by atoms with Crippen molar-refractivity contribution in [3.8, 4) is 0 Å². The first-order valence-electron chi connectivity index (χ1n) is 8.32. The number of hydrogen-bond donors (Lipinski definition) is 0. The molecule has 1 saturated heterocycles. The molecule has 1 fully saturated rings. The van der Waals surface area contributed by atoms with Gasteiger partial charge in [0.25, 0.3) is 5.91 Å². The summed E-state index contributed by atoms with van der Waals surface area (Å²) < 4.78 is 27.9. The minimum absolute atomic E-state index is 0.00415. The summed E-state index contributed by atoms with van der Waals surface area (Å²) in [5.41, 5.74) is 0.954. The second kappa shape index (κ2) is 6.93. The van der Waals surface area contributed by atoms with Crippen LogP contribution in [-0.4, -0.2) is 28.9 Å². The number of thiazole rings is 1. The van der Waals surface area contributed by atoms with Crippen molar-refractivity contribution < 1.29 is 13.6 Å². The fraction of sp³-hybridized carbons (Fsp3) is 0.263. The Hall–Kier alpha value is -2.05. The summed E-state index contributed by atoms with van der Waals surface area (Å²) in [6, 6.07) is 9.66. The van der Waals surface area contributed by atoms with E-state index in [0.717, 1.165) is 40.2 Å². The minimum atomic E-state index is -1.07. The summed E-state index contributed by atoms with van der Waals surface area (Å²) >= 11 is 7.59. The van der Waals surface area contributed by atoms with E-state index in [4.69, 9.17) is 16.6 Å². The van der Waals surface area contributed by atoms with Crippen molar-refractivity contribution in [2.75, 3.05) is 13.1 Å². The standard InChI is InChI=1S/C19H15ClF2N2OS/c20-13-9-15(22)14(21)8-12(13)19(25)24-7-3-4-11(10-24)18-23-16-5-1-2-6-17(16)26-18/h1-2,5-6,8-9,11H,3-4,7,10H2/t11-/m1/s1. The molecule has 0 aliphatic carbocycles. The van der Waals surface area contributed by atoms with E-state index < -0.39 is 11.6 Å². The molecule has 0 radical (unpaired) electrons. The zero-order chi connectivity index (χ0) is 18.3. The molecule has 3 nitrogen and oxygen atoms in total. The molecule has 2 aromatic carbocycles. The van der Waals surface area contributed by atoms with Crippen LogP contribution in [0.2, 0.25) is 5.02 Å². The summed E-state index contributed by atoms with van der Waals surface area (Å²) in [4.78, 5) is 19.1. The molecule has 0 N–H and O–H groups in total. The molecule has 1 aromatic heterocycles. The van der Waals surface area contributed by atoms with Crippen LogP contribution in [0, 0.1) is 11.6 Å². The van der Waals surface area contributed by atoms with Crippen LogP contribution in [0.5, 0.6) is 0 Å². The largest absolute Gasteiger partial charge is 0.338 e. The molecule has 2 heterocycles. The smallest absolute Gasteiger partial charge is 0.255 e. The highest BCUT2D eigenvalue weighted by Gasteiger charge is 2.29. The summed E-state index contributed by atoms with van der Waals surface area (Å²) in [5.74, 6) is -2.37. The highest BCUT2D eigenvalue weighted by molar-refractivity contribution is 7.18. The van der Waals surface area contributed by atoms with Gasteiger partial charge < -0.3 is 4.90 Å². The van der Waals surface area contributed by atoms with Gasteiger partial charge in [0.2, 0.25) is 0 Å². The van der Waals surface area contributed by atoms with Gasteiger partial charge in [-0.3, -0.25) is 4.79 Å². The van der Waals surface area contributed by atoms with E-state index in [0.29, 0.717) is 13.1 Å². The van der Waals surface area contributed by atoms with Gasteiger partial charge >= 0.3 is 0 Å². The number of carbonyl (C=O) groups is 1. The van der Waals surface area contributed by atoms with Gasteiger partial charge in [-0.05, 0) is 37.1 Å². The van der Waals surface area contributed by atoms with Crippen LogP contribution >= 0.6 is 22.9 Å². The maximum atomic E-state index is 13.5. The molecule has 1 amide bonds. The number of aromatic nitrogens is 1. The quantitative estimate of drug-likeness (QED) is 0.558. The number of para-hydroxylation sites is 1. The monoisotopic (exact) mass is 392 g/mol. The zero-order valence-electron chi connectivity index (χ0n) is 13.7. The van der Waals surface area contributed by atoms with Crippen LogP contribution in [0.4, 0.5) is 8.78 Å². The number of carbonyl (C=O) groups excluding carboxylic acids is 1. The number of piperidine rings is 1. The number of hydrogen-bond acceptors (Lipinski definition) is 3. The van der Waals surface area contributed by atoms with E-state index in [2.05, 4.69) is 0 Å². The van der Waals surface area contributed by atoms with Crippen molar-refractivity contribution in [2.24, 2.45) is 0 Å². The lowest BCUT2D eigenvalue weighted by Crippen LogP contribution is -2.39. The molecular weight excluding hydrogens is 378 g/mol. The first kappa shape index (κ1) is 17.4. The molecule has 1 atom stereocenters. The Kier molecular flexibility index (Phi) is 4.63. The van der Waals surface area contributed by atoms with Crippen LogP contribution in [0.25, 0.3) is 10.2 Å². The molecule has 0 saturated carbocycles. The van der Waals surface area contributed by atoms with Crippen molar-refractivity contribution in [2.45, 2.75) is 18.8 Å². The number of nitrogens with zero attached hydrogens (tertiary/aromatic N) is 2. The van der Waals surface area contributed by atoms with Crippen molar-refractivity contribution in [1.82, 2.24) is 9.88 Å². The molecular formula is C19H15ClF2N2OS. The minimum Gasteiger partial charge on any atom is -0.338 e. The lowest BCUT2D eigenvalue weighted by atomic mass is 9.98. The second-order valence-corrected chi connectivity index (χ2v) is 7.83. The van der Waals surface area contributed by atoms with Crippen LogP contribution in [0.15, 0.2) is 36.4 Å². The number of halogens is 3. The van der Waals surface area contributed by atoms with Crippen LogP contribution < -0.4 is 0 Å². The number of fused-ring (bicyclic) bond motifs is 1. The Balaban J connectivity index is 1.58. The number of rotatable bonds is 2. The molecule has 0 unspecified atom stereocenters. The maximum Gasteiger partial charge on any atom is 0.255 e. The summed E-state index contributed by atoms with van der Waals surface area (Å²) in [5, 5.41) is 0.927. The summed E-state index contributed by atoms with van der Waals surface area (Å²) in [6.45, 7) is 1.06. The van der Waals surface area contributed by atoms with Crippen molar-refractivity contribution in [1.29, 1.82) is 0 Å². The van der Waals surface area contributed by atoms with Gasteiger partial charge in [0.15, 0.2) is 11.6 Å². The lowest BCUT2D eigenvalue weighted by molar-refractivity contribution is 0.0706. The van der Waals surface area contributed by atoms with Crippen molar-refractivity contribution >= 4 is 39.1 Å². The molecule has 1 aliphatic rings. The Morgan fingerprint density at radius 3 is 2.81 bits per heavy atom. The fourth-order valence-electron chi connectivity index (χ4n) is 3.28.